The van der Waals surface area contributed by atoms with Crippen molar-refractivity contribution in [2.24, 2.45) is 0 Å². The third-order valence-electron chi connectivity index (χ3n) is 7.60. The molecule has 0 radical (unpaired) electrons. The average Bonchev–Trinajstić information content (AvgIpc) is 3.13. The summed E-state index contributed by atoms with van der Waals surface area (Å²) in [5, 5.41) is 2.26. The molecule has 248 valence electrons. The minimum Gasteiger partial charge on any atom is -0.490 e. The van der Waals surface area contributed by atoms with Crippen molar-refractivity contribution < 1.29 is 28.5 Å². The van der Waals surface area contributed by atoms with Crippen molar-refractivity contribution in [2.45, 2.75) is 13.8 Å². The summed E-state index contributed by atoms with van der Waals surface area (Å²) in [5.74, 6) is 13.4. The molecule has 50 heavy (non-hydrogen) atoms. The number of esters is 2. The molecule has 0 atom stereocenters. The zero-order chi connectivity index (χ0) is 35.3. The van der Waals surface area contributed by atoms with E-state index in [1.807, 2.05) is 54.6 Å². The summed E-state index contributed by atoms with van der Waals surface area (Å²) in [4.78, 5) is 22.2. The molecule has 0 aliphatic rings. The summed E-state index contributed by atoms with van der Waals surface area (Å²) in [6, 6.07) is 32.0. The summed E-state index contributed by atoms with van der Waals surface area (Å²) in [6.07, 6.45) is 2.25. The van der Waals surface area contributed by atoms with Gasteiger partial charge >= 0.3 is 11.9 Å². The van der Waals surface area contributed by atoms with Crippen LogP contribution in [0.25, 0.3) is 21.9 Å². The third kappa shape index (κ3) is 9.76. The number of rotatable bonds is 11. The van der Waals surface area contributed by atoms with Crippen LogP contribution in [-0.2, 0) is 19.1 Å². The summed E-state index contributed by atoms with van der Waals surface area (Å²) >= 11 is 0. The van der Waals surface area contributed by atoms with Crippen molar-refractivity contribution in [2.75, 3.05) is 26.4 Å². The van der Waals surface area contributed by atoms with Crippen molar-refractivity contribution in [3.63, 3.8) is 0 Å². The Balaban J connectivity index is 1.21. The van der Waals surface area contributed by atoms with Gasteiger partial charge in [0.15, 0.2) is 0 Å². The lowest BCUT2D eigenvalue weighted by molar-refractivity contribution is -0.139. The highest BCUT2D eigenvalue weighted by atomic mass is 16.6. The van der Waals surface area contributed by atoms with E-state index in [0.717, 1.165) is 61.9 Å². The first-order valence-electron chi connectivity index (χ1n) is 16.0. The number of aryl methyl sites for hydroxylation is 2. The molecule has 0 amide bonds. The predicted octanol–water partition coefficient (Wildman–Crippen LogP) is 8.14. The highest BCUT2D eigenvalue weighted by molar-refractivity contribution is 5.89. The van der Waals surface area contributed by atoms with Crippen molar-refractivity contribution in [3.05, 3.63) is 156 Å². The molecule has 0 aromatic heterocycles. The van der Waals surface area contributed by atoms with Gasteiger partial charge < -0.3 is 18.9 Å². The van der Waals surface area contributed by atoms with Crippen LogP contribution in [0.4, 0.5) is 0 Å². The van der Waals surface area contributed by atoms with Crippen LogP contribution in [0.5, 0.6) is 11.5 Å². The standard InChI is InChI=1S/C44H36O6/c1-5-42(45)49-25-23-47-40-19-12-33(13-20-40)7-9-35-11-16-38-30-39(18-17-37(38)29-35)44-31(3)27-36(28-32(44)4)10-8-34-14-21-41(22-15-34)48-24-26-50-43(46)6-2/h5-6,11-22,27-30H,1-2,23-26H2,3-4H3. The van der Waals surface area contributed by atoms with Gasteiger partial charge in [0.25, 0.3) is 0 Å². The molecule has 6 heteroatoms. The second kappa shape index (κ2) is 17.1. The quantitative estimate of drug-likeness (QED) is 0.0617. The van der Waals surface area contributed by atoms with Gasteiger partial charge in [-0.2, -0.15) is 0 Å². The maximum atomic E-state index is 11.1. The Labute approximate surface area is 293 Å². The largest absolute Gasteiger partial charge is 0.490 e. The molecule has 0 aliphatic heterocycles. The van der Waals surface area contributed by atoms with Crippen molar-refractivity contribution >= 4 is 22.7 Å². The minimum absolute atomic E-state index is 0.160. The molecule has 0 spiro atoms. The van der Waals surface area contributed by atoms with Gasteiger partial charge in [-0.15, -0.1) is 0 Å². The number of ether oxygens (including phenoxy) is 4. The topological polar surface area (TPSA) is 71.1 Å². The second-order valence-electron chi connectivity index (χ2n) is 11.3. The predicted molar refractivity (Wildman–Crippen MR) is 197 cm³/mol. The second-order valence-corrected chi connectivity index (χ2v) is 11.3. The lowest BCUT2D eigenvalue weighted by Gasteiger charge is -2.12. The molecule has 5 aromatic rings. The highest BCUT2D eigenvalue weighted by Gasteiger charge is 2.09. The number of hydrogen-bond acceptors (Lipinski definition) is 6. The zero-order valence-corrected chi connectivity index (χ0v) is 28.1. The van der Waals surface area contributed by atoms with Crippen LogP contribution in [0.15, 0.2) is 122 Å². The maximum Gasteiger partial charge on any atom is 0.330 e. The molecule has 6 nitrogen and oxygen atoms in total. The number of fused-ring (bicyclic) bond motifs is 1. The van der Waals surface area contributed by atoms with Crippen LogP contribution in [-0.4, -0.2) is 38.4 Å². The average molecular weight is 661 g/mol. The number of carbonyl (C=O) groups is 2. The fourth-order valence-electron chi connectivity index (χ4n) is 5.25. The molecule has 5 rings (SSSR count). The fraction of sp³-hybridized carbons (Fsp3) is 0.136. The van der Waals surface area contributed by atoms with Crippen LogP contribution >= 0.6 is 0 Å². The first kappa shape index (κ1) is 34.8. The van der Waals surface area contributed by atoms with Gasteiger partial charge in [-0.05, 0) is 126 Å². The van der Waals surface area contributed by atoms with Crippen LogP contribution in [0.3, 0.4) is 0 Å². The Bertz CT molecular complexity index is 2130. The molecule has 0 fully saturated rings. The van der Waals surface area contributed by atoms with Crippen molar-refractivity contribution in [1.82, 2.24) is 0 Å². The van der Waals surface area contributed by atoms with Crippen molar-refractivity contribution in [3.8, 4) is 46.3 Å². The van der Waals surface area contributed by atoms with Gasteiger partial charge in [-0.25, -0.2) is 9.59 Å². The molecule has 0 saturated heterocycles. The van der Waals surface area contributed by atoms with Gasteiger partial charge in [0.1, 0.15) is 37.9 Å². The third-order valence-corrected chi connectivity index (χ3v) is 7.60. The Kier molecular flexibility index (Phi) is 11.9. The van der Waals surface area contributed by atoms with E-state index < -0.39 is 11.9 Å². The van der Waals surface area contributed by atoms with Crippen LogP contribution < -0.4 is 9.47 Å². The molecule has 0 heterocycles. The Morgan fingerprint density at radius 2 is 0.980 bits per heavy atom. The molecule has 0 bridgehead atoms. The number of carbonyl (C=O) groups excluding carboxylic acids is 2. The van der Waals surface area contributed by atoms with Gasteiger partial charge in [0.2, 0.25) is 0 Å². The van der Waals surface area contributed by atoms with E-state index in [4.69, 9.17) is 18.9 Å². The van der Waals surface area contributed by atoms with E-state index in [1.54, 1.807) is 0 Å². The first-order chi connectivity index (χ1) is 24.3. The first-order valence-corrected chi connectivity index (χ1v) is 16.0. The monoisotopic (exact) mass is 660 g/mol. The van der Waals surface area contributed by atoms with E-state index >= 15 is 0 Å². The van der Waals surface area contributed by atoms with Gasteiger partial charge in [0, 0.05) is 34.4 Å². The molecule has 0 saturated carbocycles. The van der Waals surface area contributed by atoms with E-state index in [1.165, 1.54) is 5.56 Å². The molecule has 0 unspecified atom stereocenters. The smallest absolute Gasteiger partial charge is 0.330 e. The van der Waals surface area contributed by atoms with E-state index in [0.29, 0.717) is 11.5 Å². The lowest BCUT2D eigenvalue weighted by Crippen LogP contribution is -2.10. The van der Waals surface area contributed by atoms with Crippen LogP contribution in [0, 0.1) is 37.5 Å². The normalized spacial score (nSPS) is 10.1. The maximum absolute atomic E-state index is 11.1. The number of hydrogen-bond donors (Lipinski definition) is 0. The Morgan fingerprint density at radius 1 is 0.540 bits per heavy atom. The van der Waals surface area contributed by atoms with Gasteiger partial charge in [-0.3, -0.25) is 0 Å². The summed E-state index contributed by atoms with van der Waals surface area (Å²) in [7, 11) is 0. The highest BCUT2D eigenvalue weighted by Crippen LogP contribution is 2.31. The zero-order valence-electron chi connectivity index (χ0n) is 28.1. The van der Waals surface area contributed by atoms with E-state index in [-0.39, 0.29) is 26.4 Å². The summed E-state index contributed by atoms with van der Waals surface area (Å²) < 4.78 is 21.0. The molecule has 0 N–H and O–H groups in total. The summed E-state index contributed by atoms with van der Waals surface area (Å²) in [6.45, 7) is 11.8. The molecular formula is C44H36O6. The summed E-state index contributed by atoms with van der Waals surface area (Å²) in [5.41, 5.74) is 8.29. The molecule has 5 aromatic carbocycles. The van der Waals surface area contributed by atoms with E-state index in [2.05, 4.69) is 93.2 Å². The SMILES string of the molecule is C=CC(=O)OCCOc1ccc(C#Cc2cc(C)c(-c3ccc4cc(C#Cc5ccc(OCCOC(=O)C=C)cc5)ccc4c3)c(C)c2)cc1. The molecule has 0 aliphatic carbocycles. The number of benzene rings is 5. The van der Waals surface area contributed by atoms with Crippen LogP contribution in [0.1, 0.15) is 33.4 Å². The fourth-order valence-corrected chi connectivity index (χ4v) is 5.25. The molecular weight excluding hydrogens is 624 g/mol. The van der Waals surface area contributed by atoms with E-state index in [9.17, 15) is 9.59 Å². The van der Waals surface area contributed by atoms with Gasteiger partial charge in [0.05, 0.1) is 0 Å². The van der Waals surface area contributed by atoms with Crippen LogP contribution in [0.2, 0.25) is 0 Å². The lowest BCUT2D eigenvalue weighted by atomic mass is 9.92. The Morgan fingerprint density at radius 3 is 1.50 bits per heavy atom. The van der Waals surface area contributed by atoms with Gasteiger partial charge in [-0.1, -0.05) is 55.0 Å². The minimum atomic E-state index is -0.469. The Hall–Kier alpha value is -6.50. The van der Waals surface area contributed by atoms with Crippen molar-refractivity contribution in [1.29, 1.82) is 0 Å².